The van der Waals surface area contributed by atoms with Gasteiger partial charge in [0.2, 0.25) is 11.2 Å². The summed E-state index contributed by atoms with van der Waals surface area (Å²) in [5, 5.41) is 27.0. The fourth-order valence-electron chi connectivity index (χ4n) is 11.2. The Hall–Kier alpha value is -3.68. The molecule has 1 unspecified atom stereocenters. The molecule has 1 saturated heterocycles. The van der Waals surface area contributed by atoms with Gasteiger partial charge in [0.25, 0.3) is 0 Å². The van der Waals surface area contributed by atoms with E-state index in [4.69, 9.17) is 9.47 Å². The molecule has 0 amide bonds. The summed E-state index contributed by atoms with van der Waals surface area (Å²) in [6.45, 7) is 6.37. The number of aliphatic hydroxyl groups is 2. The summed E-state index contributed by atoms with van der Waals surface area (Å²) in [7, 11) is 1.43. The maximum atomic E-state index is 17.5. The number of anilines is 1. The number of carbonyl (C=O) groups is 3. The standard InChI is InChI=1S/C40H49F2N3O8/c1-21-18-44(14-13-43-21)33-29(41)16-25-32(35(33)52-4)45(23-6-7-23)19-26(34(25)49)36(50)53-20-31(48)39(51)12-10-27-28-8-5-22-15-24(46)9-11-37(22,2)40(28,42)30(47)17-38(27,39)3/h15-16,19,21,23,27-28,30,43,47,51H,5-14,17-18,20H2,1-4H3/t21?,27-,28-,30-,37-,38-,39-,40-/m0/s1. The van der Waals surface area contributed by atoms with Crippen LogP contribution in [0.3, 0.4) is 0 Å². The number of Topliss-reactive ketones (excluding diaryl/α,β-unsaturated/α-hetero) is 1. The number of nitrogens with zero attached hydrogens (tertiary/aromatic N) is 2. The fourth-order valence-corrected chi connectivity index (χ4v) is 11.2. The number of methoxy groups -OCH3 is 1. The molecule has 2 aromatic rings. The van der Waals surface area contributed by atoms with Crippen LogP contribution in [-0.4, -0.2) is 89.1 Å². The van der Waals surface area contributed by atoms with Gasteiger partial charge in [-0.2, -0.15) is 0 Å². The molecular formula is C40H49F2N3O8. The number of alkyl halides is 1. The molecule has 11 nitrogen and oxygen atoms in total. The number of nitrogens with one attached hydrogen (secondary N) is 1. The van der Waals surface area contributed by atoms with Crippen LogP contribution in [0, 0.1) is 28.5 Å². The van der Waals surface area contributed by atoms with Gasteiger partial charge in [0.15, 0.2) is 24.0 Å². The van der Waals surface area contributed by atoms with E-state index in [1.807, 2.05) is 11.8 Å². The zero-order chi connectivity index (χ0) is 37.8. The highest BCUT2D eigenvalue weighted by atomic mass is 19.1. The maximum absolute atomic E-state index is 17.5. The van der Waals surface area contributed by atoms with Crippen LogP contribution in [0.15, 0.2) is 28.7 Å². The first kappa shape index (κ1) is 36.3. The number of hydrogen-bond donors (Lipinski definition) is 3. The number of pyridine rings is 1. The normalized spacial score (nSPS) is 36.7. The molecule has 13 heteroatoms. The van der Waals surface area contributed by atoms with Gasteiger partial charge in [-0.3, -0.25) is 14.4 Å². The van der Waals surface area contributed by atoms with Crippen LogP contribution in [0.4, 0.5) is 14.5 Å². The summed E-state index contributed by atoms with van der Waals surface area (Å²) in [6, 6.07) is 1.19. The van der Waals surface area contributed by atoms with E-state index < -0.39 is 69.6 Å². The molecule has 0 spiro atoms. The molecule has 4 saturated carbocycles. The van der Waals surface area contributed by atoms with Crippen LogP contribution >= 0.6 is 0 Å². The number of ether oxygens (including phenoxy) is 2. The van der Waals surface area contributed by atoms with E-state index in [9.17, 15) is 29.4 Å². The van der Waals surface area contributed by atoms with Gasteiger partial charge in [-0.15, -0.1) is 0 Å². The number of benzene rings is 1. The van der Waals surface area contributed by atoms with E-state index in [-0.39, 0.29) is 65.9 Å². The quantitative estimate of drug-likeness (QED) is 0.351. The van der Waals surface area contributed by atoms with Gasteiger partial charge >= 0.3 is 5.97 Å². The lowest BCUT2D eigenvalue weighted by atomic mass is 9.44. The predicted molar refractivity (Wildman–Crippen MR) is 191 cm³/mol. The second-order valence-corrected chi connectivity index (χ2v) is 17.0. The Kier molecular flexibility index (Phi) is 8.51. The molecule has 286 valence electrons. The molecule has 6 aliphatic rings. The summed E-state index contributed by atoms with van der Waals surface area (Å²) < 4.78 is 46.4. The van der Waals surface area contributed by atoms with Crippen LogP contribution in [0.25, 0.3) is 10.9 Å². The molecule has 1 aromatic carbocycles. The van der Waals surface area contributed by atoms with Crippen molar-refractivity contribution in [1.82, 2.24) is 9.88 Å². The highest BCUT2D eigenvalue weighted by Gasteiger charge is 2.74. The lowest BCUT2D eigenvalue weighted by Gasteiger charge is -2.63. The van der Waals surface area contributed by atoms with Crippen molar-refractivity contribution in [2.45, 2.75) is 108 Å². The van der Waals surface area contributed by atoms with Crippen molar-refractivity contribution >= 4 is 34.1 Å². The topological polar surface area (TPSA) is 147 Å². The van der Waals surface area contributed by atoms with Gasteiger partial charge in [0.1, 0.15) is 22.5 Å². The minimum Gasteiger partial charge on any atom is -0.492 e. The third-order valence-electron chi connectivity index (χ3n) is 14.2. The Bertz CT molecular complexity index is 2010. The first-order chi connectivity index (χ1) is 25.1. The number of ketones is 2. The number of halogens is 2. The number of carbonyl (C=O) groups excluding carboxylic acids is 3. The predicted octanol–water partition coefficient (Wildman–Crippen LogP) is 4.33. The van der Waals surface area contributed by atoms with E-state index in [0.29, 0.717) is 44.4 Å². The number of aromatic nitrogens is 1. The molecule has 1 aliphatic heterocycles. The first-order valence-electron chi connectivity index (χ1n) is 19.1. The molecule has 0 bridgehead atoms. The van der Waals surface area contributed by atoms with E-state index in [1.165, 1.54) is 19.4 Å². The molecule has 1 aromatic heterocycles. The molecule has 5 aliphatic carbocycles. The van der Waals surface area contributed by atoms with Gasteiger partial charge in [0, 0.05) is 61.1 Å². The molecule has 2 heterocycles. The van der Waals surface area contributed by atoms with E-state index in [2.05, 4.69) is 5.32 Å². The van der Waals surface area contributed by atoms with E-state index in [1.54, 1.807) is 18.4 Å². The summed E-state index contributed by atoms with van der Waals surface area (Å²) in [5.74, 6) is -3.45. The Morgan fingerprint density at radius 2 is 1.85 bits per heavy atom. The van der Waals surface area contributed by atoms with Crippen LogP contribution in [-0.2, 0) is 14.3 Å². The molecular weight excluding hydrogens is 688 g/mol. The number of rotatable bonds is 7. The highest BCUT2D eigenvalue weighted by Crippen LogP contribution is 2.70. The monoisotopic (exact) mass is 737 g/mol. The average molecular weight is 738 g/mol. The minimum absolute atomic E-state index is 0.000526. The van der Waals surface area contributed by atoms with Gasteiger partial charge in [-0.1, -0.05) is 19.4 Å². The zero-order valence-corrected chi connectivity index (χ0v) is 30.8. The average Bonchev–Trinajstić information content (AvgIpc) is 3.93. The number of fused-ring (bicyclic) bond motifs is 6. The van der Waals surface area contributed by atoms with Gasteiger partial charge in [-0.05, 0) is 76.4 Å². The van der Waals surface area contributed by atoms with Crippen molar-refractivity contribution in [3.05, 3.63) is 45.5 Å². The number of allylic oxidation sites excluding steroid dienone is 1. The Balaban J connectivity index is 1.06. The zero-order valence-electron chi connectivity index (χ0n) is 30.8. The molecule has 5 fully saturated rings. The van der Waals surface area contributed by atoms with E-state index >= 15 is 8.78 Å². The van der Waals surface area contributed by atoms with Crippen molar-refractivity contribution in [1.29, 1.82) is 0 Å². The van der Waals surface area contributed by atoms with E-state index in [0.717, 1.165) is 24.5 Å². The fraction of sp³-hybridized carbons (Fsp3) is 0.650. The number of esters is 1. The van der Waals surface area contributed by atoms with Gasteiger partial charge < -0.3 is 34.5 Å². The highest BCUT2D eigenvalue weighted by molar-refractivity contribution is 5.99. The van der Waals surface area contributed by atoms with Crippen LogP contribution in [0.5, 0.6) is 5.75 Å². The van der Waals surface area contributed by atoms with Crippen molar-refractivity contribution < 1.29 is 42.9 Å². The second-order valence-electron chi connectivity index (χ2n) is 17.0. The molecule has 3 N–H and O–H groups in total. The van der Waals surface area contributed by atoms with Crippen molar-refractivity contribution in [2.24, 2.45) is 22.7 Å². The number of piperazine rings is 1. The first-order valence-corrected chi connectivity index (χ1v) is 19.1. The molecule has 53 heavy (non-hydrogen) atoms. The van der Waals surface area contributed by atoms with Crippen LogP contribution in [0.2, 0.25) is 0 Å². The SMILES string of the molecule is COc1c(N2CCNC(C)C2)c(F)cc2c(=O)c(C(=O)OCC(=O)[C@@]3(O)CC[C@H]4[C@@H]5CCC6=CC(=O)CC[C@]6(C)[C@@]5(F)[C@@H](O)C[C@@]43C)cn(C3CC3)c12. The third-order valence-corrected chi connectivity index (χ3v) is 14.2. The van der Waals surface area contributed by atoms with Crippen molar-refractivity contribution in [2.75, 3.05) is 38.3 Å². The minimum atomic E-state index is -2.04. The van der Waals surface area contributed by atoms with Crippen LogP contribution in [0.1, 0.15) is 95.0 Å². The summed E-state index contributed by atoms with van der Waals surface area (Å²) in [4.78, 5) is 55.6. The molecule has 8 rings (SSSR count). The lowest BCUT2D eigenvalue weighted by molar-refractivity contribution is -0.226. The molecule has 0 radical (unpaired) electrons. The Labute approximate surface area is 306 Å². The Morgan fingerprint density at radius 3 is 2.55 bits per heavy atom. The van der Waals surface area contributed by atoms with Crippen LogP contribution < -0.4 is 20.4 Å². The largest absolute Gasteiger partial charge is 0.492 e. The summed E-state index contributed by atoms with van der Waals surface area (Å²) in [5.41, 5.74) is -6.08. The maximum Gasteiger partial charge on any atom is 0.344 e. The van der Waals surface area contributed by atoms with Crippen molar-refractivity contribution in [3.8, 4) is 5.75 Å². The smallest absolute Gasteiger partial charge is 0.344 e. The van der Waals surface area contributed by atoms with Gasteiger partial charge in [-0.25, -0.2) is 13.6 Å². The lowest BCUT2D eigenvalue weighted by Crippen LogP contribution is -2.69. The second kappa shape index (κ2) is 12.4. The van der Waals surface area contributed by atoms with Gasteiger partial charge in [0.05, 0.1) is 24.1 Å². The third kappa shape index (κ3) is 5.12. The number of aliphatic hydroxyl groups excluding tert-OH is 1. The molecule has 8 atom stereocenters. The number of hydrogen-bond acceptors (Lipinski definition) is 10. The van der Waals surface area contributed by atoms with Crippen molar-refractivity contribution in [3.63, 3.8) is 0 Å². The summed E-state index contributed by atoms with van der Waals surface area (Å²) in [6.07, 6.45) is 4.50. The Morgan fingerprint density at radius 1 is 1.09 bits per heavy atom. The summed E-state index contributed by atoms with van der Waals surface area (Å²) >= 11 is 0.